The molecule has 0 bridgehead atoms. The maximum atomic E-state index is 12.6. The normalized spacial score (nSPS) is 13.8. The van der Waals surface area contributed by atoms with Crippen molar-refractivity contribution in [2.75, 3.05) is 13.2 Å². The van der Waals surface area contributed by atoms with E-state index >= 15 is 0 Å². The third-order valence-corrected chi connectivity index (χ3v) is 7.76. The van der Waals surface area contributed by atoms with E-state index in [-0.39, 0.29) is 24.1 Å². The Morgan fingerprint density at radius 3 is 1.95 bits per heavy atom. The Morgan fingerprint density at radius 1 is 0.795 bits per heavy atom. The third-order valence-electron chi connectivity index (χ3n) is 7.76. The molecule has 4 atom stereocenters. The van der Waals surface area contributed by atoms with Gasteiger partial charge in [-0.3, -0.25) is 9.59 Å². The maximum Gasteiger partial charge on any atom is 0.347 e. The molecular formula is C35H48O9. The number of esters is 2. The summed E-state index contributed by atoms with van der Waals surface area (Å²) in [6, 6.07) is 15.6. The number of carboxylic acid groups (broad SMARTS) is 1. The van der Waals surface area contributed by atoms with Crippen LogP contribution < -0.4 is 0 Å². The number of carbonyl (C=O) groups excluding carboxylic acids is 3. The van der Waals surface area contributed by atoms with Crippen molar-refractivity contribution in [1.29, 1.82) is 0 Å². The molecule has 0 radical (unpaired) electrons. The van der Waals surface area contributed by atoms with Crippen molar-refractivity contribution in [3.05, 3.63) is 71.3 Å². The van der Waals surface area contributed by atoms with E-state index in [4.69, 9.17) is 19.7 Å². The lowest BCUT2D eigenvalue weighted by molar-refractivity contribution is -0.173. The van der Waals surface area contributed by atoms with Crippen molar-refractivity contribution in [2.24, 2.45) is 11.8 Å². The Morgan fingerprint density at radius 2 is 1.36 bits per heavy atom. The Hall–Kier alpha value is -3.56. The topological polar surface area (TPSA) is 147 Å². The molecule has 0 heterocycles. The van der Waals surface area contributed by atoms with Gasteiger partial charge >= 0.3 is 17.9 Å². The number of hydrogen-bond acceptors (Lipinski definition) is 8. The van der Waals surface area contributed by atoms with Gasteiger partial charge in [0.2, 0.25) is 6.10 Å². The molecule has 0 fully saturated rings. The molecule has 3 N–H and O–H groups in total. The first-order chi connectivity index (χ1) is 21.2. The zero-order valence-corrected chi connectivity index (χ0v) is 26.0. The minimum Gasteiger partial charge on any atom is -0.478 e. The number of carbonyl (C=O) groups is 4. The summed E-state index contributed by atoms with van der Waals surface area (Å²) in [5, 5.41) is 27.3. The molecule has 0 aliphatic heterocycles. The van der Waals surface area contributed by atoms with Crippen molar-refractivity contribution in [3.8, 4) is 0 Å². The lowest BCUT2D eigenvalue weighted by Gasteiger charge is -2.20. The largest absolute Gasteiger partial charge is 0.478 e. The summed E-state index contributed by atoms with van der Waals surface area (Å²) >= 11 is 0. The molecule has 242 valence electrons. The summed E-state index contributed by atoms with van der Waals surface area (Å²) in [6.07, 6.45) is 6.69. The summed E-state index contributed by atoms with van der Waals surface area (Å²) < 4.78 is 10.3. The predicted molar refractivity (Wildman–Crippen MR) is 166 cm³/mol. The molecular weight excluding hydrogens is 564 g/mol. The van der Waals surface area contributed by atoms with Crippen LogP contribution in [0.4, 0.5) is 0 Å². The molecule has 4 unspecified atom stereocenters. The van der Waals surface area contributed by atoms with Gasteiger partial charge in [0.25, 0.3) is 0 Å². The summed E-state index contributed by atoms with van der Waals surface area (Å²) in [5.41, 5.74) is 1.56. The Bertz CT molecular complexity index is 1150. The quantitative estimate of drug-likeness (QED) is 0.0829. The van der Waals surface area contributed by atoms with Crippen molar-refractivity contribution in [1.82, 2.24) is 0 Å². The van der Waals surface area contributed by atoms with Gasteiger partial charge in [0, 0.05) is 17.5 Å². The van der Waals surface area contributed by atoms with Crippen molar-refractivity contribution in [2.45, 2.75) is 96.7 Å². The van der Waals surface area contributed by atoms with Gasteiger partial charge in [-0.15, -0.1) is 0 Å². The van der Waals surface area contributed by atoms with E-state index in [0.29, 0.717) is 35.6 Å². The summed E-state index contributed by atoms with van der Waals surface area (Å²) in [5.74, 6) is -1.84. The Labute approximate surface area is 260 Å². The number of unbranched alkanes of at least 4 members (excludes halogenated alkanes) is 6. The fourth-order valence-electron chi connectivity index (χ4n) is 5.12. The highest BCUT2D eigenvalue weighted by Gasteiger charge is 2.29. The first-order valence-electron chi connectivity index (χ1n) is 15.7. The lowest BCUT2D eigenvalue weighted by Crippen LogP contribution is -2.40. The van der Waals surface area contributed by atoms with Gasteiger partial charge in [-0.05, 0) is 36.8 Å². The molecule has 2 aromatic carbocycles. The summed E-state index contributed by atoms with van der Waals surface area (Å²) in [4.78, 5) is 48.0. The average molecular weight is 613 g/mol. The van der Waals surface area contributed by atoms with Crippen LogP contribution in [0.5, 0.6) is 0 Å². The van der Waals surface area contributed by atoms with E-state index in [2.05, 4.69) is 13.8 Å². The number of rotatable bonds is 22. The highest BCUT2D eigenvalue weighted by Crippen LogP contribution is 2.23. The minimum absolute atomic E-state index is 0.0790. The van der Waals surface area contributed by atoms with E-state index in [0.717, 1.165) is 57.8 Å². The molecule has 9 nitrogen and oxygen atoms in total. The standard InChI is InChI=1S/C35H48O9/c1-3-26(14-10-7-5-4-6-8-13-17-31(38)44-33(34(40)41)30(37)23-36)22-25(2)24-43-35(42)29-20-18-28(19-21-29)32(39)27-15-11-9-12-16-27/h9,11-12,15-16,18-21,25-26,30,33,36-37H,3-8,10,13-14,17,22-24H2,1-2H3,(H,40,41). The molecule has 0 saturated carbocycles. The number of aliphatic hydroxyl groups is 2. The third kappa shape index (κ3) is 13.4. The number of benzene rings is 2. The van der Waals surface area contributed by atoms with Crippen LogP contribution in [0.1, 0.15) is 111 Å². The molecule has 0 aromatic heterocycles. The minimum atomic E-state index is -1.75. The number of carboxylic acids is 1. The van der Waals surface area contributed by atoms with Crippen molar-refractivity contribution in [3.63, 3.8) is 0 Å². The zero-order valence-electron chi connectivity index (χ0n) is 26.0. The first kappa shape index (κ1) is 36.6. The summed E-state index contributed by atoms with van der Waals surface area (Å²) in [6.45, 7) is 3.85. The molecule has 44 heavy (non-hydrogen) atoms. The van der Waals surface area contributed by atoms with E-state index in [1.165, 1.54) is 0 Å². The first-order valence-corrected chi connectivity index (χ1v) is 15.7. The second-order valence-electron chi connectivity index (χ2n) is 11.5. The number of hydrogen-bond donors (Lipinski definition) is 3. The van der Waals surface area contributed by atoms with Gasteiger partial charge in [0.05, 0.1) is 18.8 Å². The second-order valence-corrected chi connectivity index (χ2v) is 11.5. The lowest BCUT2D eigenvalue weighted by atomic mass is 9.89. The zero-order chi connectivity index (χ0) is 32.3. The number of ether oxygens (including phenoxy) is 2. The molecule has 2 aromatic rings. The average Bonchev–Trinajstić information content (AvgIpc) is 3.04. The fraction of sp³-hybridized carbons (Fsp3) is 0.543. The van der Waals surface area contributed by atoms with Gasteiger partial charge in [-0.25, -0.2) is 9.59 Å². The van der Waals surface area contributed by atoms with E-state index < -0.39 is 30.8 Å². The van der Waals surface area contributed by atoms with Crippen LogP contribution in [-0.4, -0.2) is 64.4 Å². The van der Waals surface area contributed by atoms with Crippen LogP contribution >= 0.6 is 0 Å². The van der Waals surface area contributed by atoms with Gasteiger partial charge in [0.15, 0.2) is 5.78 Å². The van der Waals surface area contributed by atoms with Crippen LogP contribution in [0.2, 0.25) is 0 Å². The van der Waals surface area contributed by atoms with Gasteiger partial charge in [-0.2, -0.15) is 0 Å². The molecule has 0 spiro atoms. The van der Waals surface area contributed by atoms with Crippen molar-refractivity contribution >= 4 is 23.7 Å². The second kappa shape index (κ2) is 20.4. The molecule has 2 rings (SSSR count). The fourth-order valence-corrected chi connectivity index (χ4v) is 5.12. The van der Waals surface area contributed by atoms with Crippen LogP contribution in [0, 0.1) is 11.8 Å². The summed E-state index contributed by atoms with van der Waals surface area (Å²) in [7, 11) is 0. The van der Waals surface area contributed by atoms with Crippen LogP contribution in [-0.2, 0) is 19.1 Å². The molecule has 9 heteroatoms. The van der Waals surface area contributed by atoms with Gasteiger partial charge in [-0.1, -0.05) is 108 Å². The van der Waals surface area contributed by atoms with E-state index in [9.17, 15) is 24.3 Å². The highest BCUT2D eigenvalue weighted by atomic mass is 16.6. The predicted octanol–water partition coefficient (Wildman–Crippen LogP) is 5.99. The molecule has 0 aliphatic carbocycles. The van der Waals surface area contributed by atoms with Gasteiger partial charge < -0.3 is 24.8 Å². The number of aliphatic carboxylic acids is 1. The van der Waals surface area contributed by atoms with Crippen LogP contribution in [0.25, 0.3) is 0 Å². The van der Waals surface area contributed by atoms with Crippen LogP contribution in [0.15, 0.2) is 54.6 Å². The molecule has 0 saturated heterocycles. The monoisotopic (exact) mass is 612 g/mol. The molecule has 0 aliphatic rings. The maximum absolute atomic E-state index is 12.6. The SMILES string of the molecule is CCC(CCCCCCCCCC(=O)OC(C(=O)O)C(O)CO)CC(C)COC(=O)c1ccc(C(=O)c2ccccc2)cc1. The van der Waals surface area contributed by atoms with Crippen molar-refractivity contribution < 1.29 is 44.0 Å². The highest BCUT2D eigenvalue weighted by molar-refractivity contribution is 6.09. The van der Waals surface area contributed by atoms with Gasteiger partial charge in [0.1, 0.15) is 6.10 Å². The number of ketones is 1. The smallest absolute Gasteiger partial charge is 0.347 e. The Balaban J connectivity index is 1.57. The number of aliphatic hydroxyl groups excluding tert-OH is 2. The molecule has 0 amide bonds. The van der Waals surface area contributed by atoms with E-state index in [1.807, 2.05) is 18.2 Å². The van der Waals surface area contributed by atoms with E-state index in [1.54, 1.807) is 36.4 Å². The van der Waals surface area contributed by atoms with Crippen LogP contribution in [0.3, 0.4) is 0 Å². The Kier molecular flexibility index (Phi) is 17.0.